The molecule has 0 amide bonds. The molecule has 2 bridgehead atoms. The average Bonchev–Trinajstić information content (AvgIpc) is 3.31. The molecule has 1 aromatic carbocycles. The molecule has 1 aromatic rings. The van der Waals surface area contributed by atoms with Gasteiger partial charge in [0, 0.05) is 44.3 Å². The quantitative estimate of drug-likeness (QED) is 0.779. The molecule has 2 aliphatic carbocycles. The predicted molar refractivity (Wildman–Crippen MR) is 102 cm³/mol. The van der Waals surface area contributed by atoms with Gasteiger partial charge in [0.15, 0.2) is 11.5 Å². The number of hydrogen-bond acceptors (Lipinski definition) is 5. The van der Waals surface area contributed by atoms with Gasteiger partial charge in [0.25, 0.3) is 0 Å². The first-order valence-corrected chi connectivity index (χ1v) is 9.97. The number of benzene rings is 1. The van der Waals surface area contributed by atoms with Crippen LogP contribution in [-0.4, -0.2) is 63.4 Å². The Bertz CT molecular complexity index is 628. The van der Waals surface area contributed by atoms with E-state index in [2.05, 4.69) is 15.9 Å². The molecule has 0 radical (unpaired) electrons. The fourth-order valence-corrected chi connectivity index (χ4v) is 5.44. The van der Waals surface area contributed by atoms with Crippen LogP contribution >= 0.6 is 0 Å². The van der Waals surface area contributed by atoms with Crippen LogP contribution in [0.4, 0.5) is 0 Å². The second kappa shape index (κ2) is 7.65. The van der Waals surface area contributed by atoms with Crippen LogP contribution in [0.5, 0.6) is 17.2 Å². The van der Waals surface area contributed by atoms with Crippen LogP contribution in [0.3, 0.4) is 0 Å². The molecular weight excluding hydrogens is 328 g/mol. The molecular formula is C21H32N2O3. The van der Waals surface area contributed by atoms with Crippen LogP contribution in [0.2, 0.25) is 0 Å². The lowest BCUT2D eigenvalue weighted by atomic mass is 9.93. The van der Waals surface area contributed by atoms with E-state index in [-0.39, 0.29) is 0 Å². The van der Waals surface area contributed by atoms with Crippen LogP contribution in [-0.2, 0) is 6.54 Å². The summed E-state index contributed by atoms with van der Waals surface area (Å²) < 4.78 is 16.6. The highest BCUT2D eigenvalue weighted by Gasteiger charge is 2.42. The van der Waals surface area contributed by atoms with E-state index in [1.807, 2.05) is 6.07 Å². The number of hydrogen-bond donors (Lipinski definition) is 0. The molecule has 0 aromatic heterocycles. The first kappa shape index (κ1) is 17.9. The molecule has 26 heavy (non-hydrogen) atoms. The monoisotopic (exact) mass is 360 g/mol. The number of fused-ring (bicyclic) bond motifs is 2. The minimum Gasteiger partial charge on any atom is -0.493 e. The lowest BCUT2D eigenvalue weighted by Crippen LogP contribution is -2.51. The zero-order chi connectivity index (χ0) is 18.1. The third-order valence-corrected chi connectivity index (χ3v) is 6.76. The standard InChI is InChI=1S/C21H32N2O3/c1-24-19-7-6-17(20(25-2)21(19)26-3)14-22-8-10-23(11-9-22)18-13-15-4-5-16(18)12-15/h6-7,15-16,18H,4-5,8-14H2,1-3H3/t15-,16-,18+/m1/s1. The number of methoxy groups -OCH3 is 3. The van der Waals surface area contributed by atoms with Gasteiger partial charge in [-0.1, -0.05) is 12.5 Å². The topological polar surface area (TPSA) is 34.2 Å². The molecule has 144 valence electrons. The summed E-state index contributed by atoms with van der Waals surface area (Å²) >= 11 is 0. The van der Waals surface area contributed by atoms with Gasteiger partial charge < -0.3 is 14.2 Å². The third-order valence-electron chi connectivity index (χ3n) is 6.76. The molecule has 3 aliphatic rings. The highest BCUT2D eigenvalue weighted by molar-refractivity contribution is 5.55. The van der Waals surface area contributed by atoms with Gasteiger partial charge in [0.2, 0.25) is 5.75 Å². The first-order valence-electron chi connectivity index (χ1n) is 9.97. The Morgan fingerprint density at radius 3 is 2.23 bits per heavy atom. The maximum absolute atomic E-state index is 5.65. The molecule has 0 spiro atoms. The fraction of sp³-hybridized carbons (Fsp3) is 0.714. The van der Waals surface area contributed by atoms with E-state index in [9.17, 15) is 0 Å². The van der Waals surface area contributed by atoms with Crippen molar-refractivity contribution in [3.63, 3.8) is 0 Å². The van der Waals surface area contributed by atoms with Gasteiger partial charge in [-0.15, -0.1) is 0 Å². The van der Waals surface area contributed by atoms with E-state index in [4.69, 9.17) is 14.2 Å². The van der Waals surface area contributed by atoms with Crippen molar-refractivity contribution >= 4 is 0 Å². The lowest BCUT2D eigenvalue weighted by Gasteiger charge is -2.41. The maximum atomic E-state index is 5.65. The van der Waals surface area contributed by atoms with E-state index < -0.39 is 0 Å². The second-order valence-corrected chi connectivity index (χ2v) is 8.05. The van der Waals surface area contributed by atoms with Crippen LogP contribution in [0, 0.1) is 11.8 Å². The van der Waals surface area contributed by atoms with E-state index >= 15 is 0 Å². The largest absolute Gasteiger partial charge is 0.493 e. The van der Waals surface area contributed by atoms with Crippen molar-refractivity contribution in [1.29, 1.82) is 0 Å². The molecule has 1 heterocycles. The SMILES string of the molecule is COc1ccc(CN2CCN([C@H]3C[C@@H]4CC[C@@H]3C4)CC2)c(OC)c1OC. The van der Waals surface area contributed by atoms with E-state index in [0.29, 0.717) is 11.5 Å². The molecule has 4 rings (SSSR count). The van der Waals surface area contributed by atoms with Crippen molar-refractivity contribution in [1.82, 2.24) is 9.80 Å². The number of piperazine rings is 1. The highest BCUT2D eigenvalue weighted by atomic mass is 16.5. The van der Waals surface area contributed by atoms with Crippen molar-refractivity contribution in [2.24, 2.45) is 11.8 Å². The smallest absolute Gasteiger partial charge is 0.203 e. The Hall–Kier alpha value is -1.46. The molecule has 0 N–H and O–H groups in total. The van der Waals surface area contributed by atoms with Crippen molar-refractivity contribution in [3.8, 4) is 17.2 Å². The normalized spacial score (nSPS) is 29.1. The van der Waals surface area contributed by atoms with Crippen LogP contribution in [0.1, 0.15) is 31.2 Å². The summed E-state index contributed by atoms with van der Waals surface area (Å²) in [6, 6.07) is 4.94. The predicted octanol–water partition coefficient (Wildman–Crippen LogP) is 3.02. The average molecular weight is 360 g/mol. The molecule has 1 aliphatic heterocycles. The Morgan fingerprint density at radius 1 is 0.885 bits per heavy atom. The van der Waals surface area contributed by atoms with Gasteiger partial charge in [-0.05, 0) is 37.2 Å². The third kappa shape index (κ3) is 3.27. The van der Waals surface area contributed by atoms with Gasteiger partial charge in [-0.2, -0.15) is 0 Å². The van der Waals surface area contributed by atoms with Gasteiger partial charge >= 0.3 is 0 Å². The molecule has 1 saturated heterocycles. The van der Waals surface area contributed by atoms with Gasteiger partial charge in [-0.25, -0.2) is 0 Å². The fourth-order valence-electron chi connectivity index (χ4n) is 5.44. The molecule has 2 saturated carbocycles. The summed E-state index contributed by atoms with van der Waals surface area (Å²) in [5, 5.41) is 0. The summed E-state index contributed by atoms with van der Waals surface area (Å²) in [5.74, 6) is 4.21. The highest BCUT2D eigenvalue weighted by Crippen LogP contribution is 2.47. The Labute approximate surface area is 157 Å². The zero-order valence-electron chi connectivity index (χ0n) is 16.4. The minimum atomic E-state index is 0.688. The maximum Gasteiger partial charge on any atom is 0.203 e. The van der Waals surface area contributed by atoms with Gasteiger partial charge in [-0.3, -0.25) is 9.80 Å². The van der Waals surface area contributed by atoms with Crippen LogP contribution in [0.25, 0.3) is 0 Å². The molecule has 5 heteroatoms. The second-order valence-electron chi connectivity index (χ2n) is 8.05. The number of nitrogens with zero attached hydrogens (tertiary/aromatic N) is 2. The van der Waals surface area contributed by atoms with Crippen LogP contribution < -0.4 is 14.2 Å². The van der Waals surface area contributed by atoms with Crippen molar-refractivity contribution in [3.05, 3.63) is 17.7 Å². The Balaban J connectivity index is 1.38. The van der Waals surface area contributed by atoms with E-state index in [0.717, 1.165) is 43.3 Å². The zero-order valence-corrected chi connectivity index (χ0v) is 16.4. The van der Waals surface area contributed by atoms with Gasteiger partial charge in [0.05, 0.1) is 21.3 Å². The Morgan fingerprint density at radius 2 is 1.65 bits per heavy atom. The summed E-state index contributed by atoms with van der Waals surface area (Å²) in [5.41, 5.74) is 1.17. The van der Waals surface area contributed by atoms with Gasteiger partial charge in [0.1, 0.15) is 0 Å². The summed E-state index contributed by atoms with van der Waals surface area (Å²) in [6.45, 7) is 5.55. The summed E-state index contributed by atoms with van der Waals surface area (Å²) in [7, 11) is 5.03. The molecule has 3 atom stereocenters. The van der Waals surface area contributed by atoms with Crippen molar-refractivity contribution in [2.45, 2.75) is 38.3 Å². The molecule has 3 fully saturated rings. The van der Waals surface area contributed by atoms with E-state index in [1.54, 1.807) is 21.3 Å². The number of ether oxygens (including phenoxy) is 3. The minimum absolute atomic E-state index is 0.688. The first-order chi connectivity index (χ1) is 12.7. The molecule has 0 unspecified atom stereocenters. The summed E-state index contributed by atoms with van der Waals surface area (Å²) in [4.78, 5) is 5.31. The molecule has 5 nitrogen and oxygen atoms in total. The number of rotatable bonds is 6. The van der Waals surface area contributed by atoms with Crippen LogP contribution in [0.15, 0.2) is 12.1 Å². The van der Waals surface area contributed by atoms with Crippen molar-refractivity contribution < 1.29 is 14.2 Å². The lowest BCUT2D eigenvalue weighted by molar-refractivity contribution is 0.0675. The summed E-state index contributed by atoms with van der Waals surface area (Å²) in [6.07, 6.45) is 5.90. The van der Waals surface area contributed by atoms with E-state index in [1.165, 1.54) is 44.3 Å². The van der Waals surface area contributed by atoms with Crippen molar-refractivity contribution in [2.75, 3.05) is 47.5 Å². The Kier molecular flexibility index (Phi) is 5.28.